The van der Waals surface area contributed by atoms with Crippen LogP contribution in [0, 0.1) is 11.3 Å². The number of nitriles is 1. The molecule has 0 heterocycles. The first-order valence-corrected chi connectivity index (χ1v) is 10.3. The number of para-hydroxylation sites is 1. The summed E-state index contributed by atoms with van der Waals surface area (Å²) < 4.78 is 0. The summed E-state index contributed by atoms with van der Waals surface area (Å²) in [6.07, 6.45) is 0.478. The third kappa shape index (κ3) is 7.63. The fraction of sp³-hybridized carbons (Fsp3) is 0.286. The minimum atomic E-state index is -0.160. The van der Waals surface area contributed by atoms with Crippen LogP contribution in [0.5, 0.6) is 0 Å². The summed E-state index contributed by atoms with van der Waals surface area (Å²) in [6.45, 7) is 0.843. The standard InChI is InChI=1S/C21H22ClN3O2S/c22-17-7-9-19(10-8-17)28-16-14-24-20(26)11-12-21(27)25(15-4-13-23)18-5-2-1-3-6-18/h1-3,5-10H,4,11-12,14-16H2,(H,24,26). The average Bonchev–Trinajstić information content (AvgIpc) is 2.72. The first-order valence-electron chi connectivity index (χ1n) is 8.97. The zero-order valence-corrected chi connectivity index (χ0v) is 17.0. The highest BCUT2D eigenvalue weighted by Crippen LogP contribution is 2.19. The number of benzene rings is 2. The van der Waals surface area contributed by atoms with Crippen LogP contribution in [-0.2, 0) is 9.59 Å². The Bertz CT molecular complexity index is 807. The molecule has 2 aromatic carbocycles. The van der Waals surface area contributed by atoms with Gasteiger partial charge in [0.2, 0.25) is 11.8 Å². The number of rotatable bonds is 10. The molecule has 0 saturated heterocycles. The minimum absolute atomic E-state index is 0.108. The van der Waals surface area contributed by atoms with Crippen molar-refractivity contribution in [3.63, 3.8) is 0 Å². The number of halogens is 1. The van der Waals surface area contributed by atoms with Crippen molar-refractivity contribution < 1.29 is 9.59 Å². The van der Waals surface area contributed by atoms with Crippen LogP contribution < -0.4 is 10.2 Å². The van der Waals surface area contributed by atoms with Gasteiger partial charge in [0.05, 0.1) is 12.5 Å². The molecule has 0 spiro atoms. The maximum absolute atomic E-state index is 12.5. The van der Waals surface area contributed by atoms with Gasteiger partial charge >= 0.3 is 0 Å². The van der Waals surface area contributed by atoms with Gasteiger partial charge in [-0.3, -0.25) is 9.59 Å². The Balaban J connectivity index is 1.73. The van der Waals surface area contributed by atoms with Gasteiger partial charge in [0.15, 0.2) is 0 Å². The van der Waals surface area contributed by atoms with E-state index >= 15 is 0 Å². The van der Waals surface area contributed by atoms with Gasteiger partial charge in [-0.2, -0.15) is 5.26 Å². The van der Waals surface area contributed by atoms with Crippen LogP contribution in [-0.4, -0.2) is 30.7 Å². The SMILES string of the molecule is N#CCCN(C(=O)CCC(=O)NCCSc1ccc(Cl)cc1)c1ccccc1. The summed E-state index contributed by atoms with van der Waals surface area (Å²) in [5.41, 5.74) is 0.738. The fourth-order valence-electron chi connectivity index (χ4n) is 2.50. The van der Waals surface area contributed by atoms with Gasteiger partial charge < -0.3 is 10.2 Å². The van der Waals surface area contributed by atoms with Crippen molar-refractivity contribution in [3.8, 4) is 6.07 Å². The van der Waals surface area contributed by atoms with Gasteiger partial charge in [0, 0.05) is 47.3 Å². The van der Waals surface area contributed by atoms with E-state index in [-0.39, 0.29) is 31.1 Å². The van der Waals surface area contributed by atoms with E-state index in [1.54, 1.807) is 16.7 Å². The molecule has 0 radical (unpaired) electrons. The molecule has 2 amide bonds. The predicted octanol–water partition coefficient (Wildman–Crippen LogP) is 4.28. The fourth-order valence-corrected chi connectivity index (χ4v) is 3.40. The Labute approximate surface area is 174 Å². The van der Waals surface area contributed by atoms with E-state index in [0.717, 1.165) is 16.3 Å². The molecule has 0 aliphatic rings. The first kappa shape index (κ1) is 21.8. The molecule has 0 saturated carbocycles. The van der Waals surface area contributed by atoms with Crippen molar-refractivity contribution >= 4 is 40.9 Å². The van der Waals surface area contributed by atoms with Crippen LogP contribution in [0.3, 0.4) is 0 Å². The van der Waals surface area contributed by atoms with Gasteiger partial charge in [-0.1, -0.05) is 29.8 Å². The van der Waals surface area contributed by atoms with E-state index in [4.69, 9.17) is 16.9 Å². The quantitative estimate of drug-likeness (QED) is 0.464. The number of anilines is 1. The smallest absolute Gasteiger partial charge is 0.227 e. The van der Waals surface area contributed by atoms with Crippen LogP contribution in [0.4, 0.5) is 5.69 Å². The minimum Gasteiger partial charge on any atom is -0.355 e. The molecular weight excluding hydrogens is 394 g/mol. The molecule has 2 aromatic rings. The van der Waals surface area contributed by atoms with Crippen molar-refractivity contribution in [2.45, 2.75) is 24.2 Å². The molecule has 146 valence electrons. The van der Waals surface area contributed by atoms with E-state index < -0.39 is 0 Å². The third-order valence-electron chi connectivity index (χ3n) is 3.89. The molecule has 0 atom stereocenters. The molecule has 0 aliphatic carbocycles. The van der Waals surface area contributed by atoms with Crippen molar-refractivity contribution in [1.29, 1.82) is 5.26 Å². The molecule has 0 unspecified atom stereocenters. The van der Waals surface area contributed by atoms with Crippen LogP contribution in [0.1, 0.15) is 19.3 Å². The summed E-state index contributed by atoms with van der Waals surface area (Å²) in [7, 11) is 0. The Morgan fingerprint density at radius 3 is 2.46 bits per heavy atom. The Kier molecular flexibility index (Phi) is 9.40. The number of nitrogens with one attached hydrogen (secondary N) is 1. The molecule has 5 nitrogen and oxygen atoms in total. The maximum Gasteiger partial charge on any atom is 0.227 e. The monoisotopic (exact) mass is 415 g/mol. The number of hydrogen-bond donors (Lipinski definition) is 1. The van der Waals surface area contributed by atoms with Crippen LogP contribution in [0.15, 0.2) is 59.5 Å². The number of thioether (sulfide) groups is 1. The number of nitrogens with zero attached hydrogens (tertiary/aromatic N) is 2. The van der Waals surface area contributed by atoms with Gasteiger partial charge in [0.1, 0.15) is 0 Å². The zero-order chi connectivity index (χ0) is 20.2. The molecule has 1 N–H and O–H groups in total. The highest BCUT2D eigenvalue weighted by molar-refractivity contribution is 7.99. The molecule has 0 bridgehead atoms. The van der Waals surface area contributed by atoms with Crippen LogP contribution >= 0.6 is 23.4 Å². The molecule has 7 heteroatoms. The van der Waals surface area contributed by atoms with E-state index in [1.165, 1.54) is 0 Å². The Morgan fingerprint density at radius 2 is 1.79 bits per heavy atom. The summed E-state index contributed by atoms with van der Waals surface area (Å²) in [4.78, 5) is 27.2. The highest BCUT2D eigenvalue weighted by Gasteiger charge is 2.16. The van der Waals surface area contributed by atoms with E-state index in [2.05, 4.69) is 11.4 Å². The van der Waals surface area contributed by atoms with Crippen LogP contribution in [0.25, 0.3) is 0 Å². The third-order valence-corrected chi connectivity index (χ3v) is 5.15. The van der Waals surface area contributed by atoms with Crippen molar-refractivity contribution in [2.24, 2.45) is 0 Å². The summed E-state index contributed by atoms with van der Waals surface area (Å²) in [5.74, 6) is 0.421. The topological polar surface area (TPSA) is 73.2 Å². The van der Waals surface area contributed by atoms with Gasteiger partial charge in [-0.25, -0.2) is 0 Å². The van der Waals surface area contributed by atoms with E-state index in [9.17, 15) is 9.59 Å². The molecule has 28 heavy (non-hydrogen) atoms. The summed E-state index contributed by atoms with van der Waals surface area (Å²) >= 11 is 7.48. The second kappa shape index (κ2) is 12.1. The normalized spacial score (nSPS) is 10.1. The number of amides is 2. The first-order chi connectivity index (χ1) is 13.6. The number of carbonyl (C=O) groups excluding carboxylic acids is 2. The highest BCUT2D eigenvalue weighted by atomic mass is 35.5. The maximum atomic E-state index is 12.5. The van der Waals surface area contributed by atoms with Crippen molar-refractivity contribution in [3.05, 3.63) is 59.6 Å². The lowest BCUT2D eigenvalue weighted by Gasteiger charge is -2.21. The Morgan fingerprint density at radius 1 is 1.07 bits per heavy atom. The second-order valence-electron chi connectivity index (χ2n) is 5.94. The molecule has 0 fully saturated rings. The predicted molar refractivity (Wildman–Crippen MR) is 113 cm³/mol. The average molecular weight is 416 g/mol. The zero-order valence-electron chi connectivity index (χ0n) is 15.4. The van der Waals surface area contributed by atoms with Crippen LogP contribution in [0.2, 0.25) is 5.02 Å². The van der Waals surface area contributed by atoms with E-state index in [0.29, 0.717) is 18.1 Å². The van der Waals surface area contributed by atoms with Gasteiger partial charge in [0.25, 0.3) is 0 Å². The number of hydrogen-bond acceptors (Lipinski definition) is 4. The molecule has 0 aromatic heterocycles. The van der Waals surface area contributed by atoms with Crippen molar-refractivity contribution in [2.75, 3.05) is 23.7 Å². The van der Waals surface area contributed by atoms with Crippen molar-refractivity contribution in [1.82, 2.24) is 5.32 Å². The number of carbonyl (C=O) groups is 2. The van der Waals surface area contributed by atoms with E-state index in [1.807, 2.05) is 54.6 Å². The largest absolute Gasteiger partial charge is 0.355 e. The molecule has 0 aliphatic heterocycles. The van der Waals surface area contributed by atoms with Gasteiger partial charge in [-0.15, -0.1) is 11.8 Å². The summed E-state index contributed by atoms with van der Waals surface area (Å²) in [6, 6.07) is 18.8. The van der Waals surface area contributed by atoms with Gasteiger partial charge in [-0.05, 0) is 36.4 Å². The summed E-state index contributed by atoms with van der Waals surface area (Å²) in [5, 5.41) is 12.3. The molecular formula is C21H22ClN3O2S. The lowest BCUT2D eigenvalue weighted by atomic mass is 10.2. The molecule has 2 rings (SSSR count). The Hall–Kier alpha value is -2.49. The lowest BCUT2D eigenvalue weighted by Crippen LogP contribution is -2.33. The lowest BCUT2D eigenvalue weighted by molar-refractivity contribution is -0.125. The second-order valence-corrected chi connectivity index (χ2v) is 7.55.